The molecular weight excluding hydrogens is 370 g/mol. The second-order valence-electron chi connectivity index (χ2n) is 6.74. The fourth-order valence-electron chi connectivity index (χ4n) is 2.41. The van der Waals surface area contributed by atoms with Gasteiger partial charge in [-0.3, -0.25) is 9.52 Å². The minimum absolute atomic E-state index is 0.0293. The van der Waals surface area contributed by atoms with Crippen LogP contribution in [-0.4, -0.2) is 33.2 Å². The lowest BCUT2D eigenvalue weighted by molar-refractivity contribution is 0.0915. The van der Waals surface area contributed by atoms with Gasteiger partial charge >= 0.3 is 0 Å². The van der Waals surface area contributed by atoms with Crippen LogP contribution in [0.15, 0.2) is 47.4 Å². The average molecular weight is 391 g/mol. The van der Waals surface area contributed by atoms with Gasteiger partial charge in [-0.2, -0.15) is 0 Å². The predicted octanol–water partition coefficient (Wildman–Crippen LogP) is 1.68. The molecule has 0 saturated heterocycles. The van der Waals surface area contributed by atoms with E-state index in [1.807, 2.05) is 0 Å². The van der Waals surface area contributed by atoms with Gasteiger partial charge in [0.2, 0.25) is 6.79 Å². The minimum atomic E-state index is -3.89. The van der Waals surface area contributed by atoms with Gasteiger partial charge in [0.25, 0.3) is 15.9 Å². The highest BCUT2D eigenvalue weighted by molar-refractivity contribution is 7.92. The maximum Gasteiger partial charge on any atom is 0.261 e. The summed E-state index contributed by atoms with van der Waals surface area (Å²) in [5.74, 6) is 0.622. The molecule has 4 N–H and O–H groups in total. The summed E-state index contributed by atoms with van der Waals surface area (Å²) in [5.41, 5.74) is 5.57. The van der Waals surface area contributed by atoms with Crippen molar-refractivity contribution in [2.24, 2.45) is 5.73 Å². The summed E-state index contributed by atoms with van der Waals surface area (Å²) in [4.78, 5) is 12.3. The topological polar surface area (TPSA) is 120 Å². The van der Waals surface area contributed by atoms with Crippen LogP contribution in [0.5, 0.6) is 11.5 Å². The number of nitrogens with one attached hydrogen (secondary N) is 2. The largest absolute Gasteiger partial charge is 0.454 e. The number of ether oxygens (including phenoxy) is 2. The van der Waals surface area contributed by atoms with Crippen molar-refractivity contribution >= 4 is 21.6 Å². The third-order valence-electron chi connectivity index (χ3n) is 3.99. The quantitative estimate of drug-likeness (QED) is 0.689. The molecule has 9 heteroatoms. The number of nitrogens with two attached hydrogens (primary N) is 1. The molecule has 0 aliphatic carbocycles. The van der Waals surface area contributed by atoms with E-state index >= 15 is 0 Å². The molecule has 27 heavy (non-hydrogen) atoms. The van der Waals surface area contributed by atoms with Crippen molar-refractivity contribution in [1.82, 2.24) is 5.32 Å². The highest BCUT2D eigenvalue weighted by Crippen LogP contribution is 2.34. The van der Waals surface area contributed by atoms with E-state index in [9.17, 15) is 13.2 Å². The number of fused-ring (bicyclic) bond motifs is 1. The molecule has 0 bridgehead atoms. The first-order valence-electron chi connectivity index (χ1n) is 8.25. The van der Waals surface area contributed by atoms with Gasteiger partial charge in [-0.05, 0) is 44.2 Å². The number of carbonyl (C=O) groups excluding carboxylic acids is 1. The van der Waals surface area contributed by atoms with Crippen LogP contribution < -0.4 is 25.2 Å². The Bertz CT molecular complexity index is 973. The molecule has 0 radical (unpaired) electrons. The van der Waals surface area contributed by atoms with E-state index in [1.165, 1.54) is 18.2 Å². The molecular formula is C18H21N3O5S. The first kappa shape index (κ1) is 19.0. The van der Waals surface area contributed by atoms with Gasteiger partial charge in [0.05, 0.1) is 10.6 Å². The minimum Gasteiger partial charge on any atom is -0.454 e. The third kappa shape index (κ3) is 4.32. The van der Waals surface area contributed by atoms with Gasteiger partial charge in [0.15, 0.2) is 11.5 Å². The summed E-state index contributed by atoms with van der Waals surface area (Å²) >= 11 is 0. The van der Waals surface area contributed by atoms with Gasteiger partial charge < -0.3 is 20.5 Å². The molecule has 144 valence electrons. The van der Waals surface area contributed by atoms with Crippen LogP contribution in [0, 0.1) is 0 Å². The standard InChI is InChI=1S/C18H21N3O5S/c1-18(2,10-19)20-17(22)12-4-3-5-14(8-12)27(23,24)21-13-6-7-15-16(9-13)26-11-25-15/h3-9,21H,10-11,19H2,1-2H3,(H,20,22). The summed E-state index contributed by atoms with van der Waals surface area (Å²) in [6.45, 7) is 3.92. The SMILES string of the molecule is CC(C)(CN)NC(=O)c1cccc(S(=O)(=O)Nc2ccc3c(c2)OCO3)c1. The van der Waals surface area contributed by atoms with Gasteiger partial charge in [0, 0.05) is 23.7 Å². The zero-order valence-corrected chi connectivity index (χ0v) is 15.8. The molecule has 1 heterocycles. The Morgan fingerprint density at radius 3 is 2.63 bits per heavy atom. The Labute approximate surface area is 157 Å². The first-order valence-corrected chi connectivity index (χ1v) is 9.74. The van der Waals surface area contributed by atoms with E-state index in [0.29, 0.717) is 17.2 Å². The van der Waals surface area contributed by atoms with Crippen LogP contribution in [0.4, 0.5) is 5.69 Å². The van der Waals surface area contributed by atoms with Crippen molar-refractivity contribution in [2.75, 3.05) is 18.1 Å². The number of carbonyl (C=O) groups is 1. The lowest BCUT2D eigenvalue weighted by Gasteiger charge is -2.24. The number of sulfonamides is 1. The van der Waals surface area contributed by atoms with Gasteiger partial charge in [0.1, 0.15) is 0 Å². The number of hydrogen-bond donors (Lipinski definition) is 3. The molecule has 3 rings (SSSR count). The summed E-state index contributed by atoms with van der Waals surface area (Å²) in [7, 11) is -3.89. The van der Waals surface area contributed by atoms with Crippen molar-refractivity contribution in [3.05, 3.63) is 48.0 Å². The van der Waals surface area contributed by atoms with E-state index in [2.05, 4.69) is 10.0 Å². The van der Waals surface area contributed by atoms with Crippen molar-refractivity contribution < 1.29 is 22.7 Å². The highest BCUT2D eigenvalue weighted by atomic mass is 32.2. The molecule has 1 amide bonds. The molecule has 2 aromatic rings. The third-order valence-corrected chi connectivity index (χ3v) is 5.37. The van der Waals surface area contributed by atoms with E-state index in [1.54, 1.807) is 38.1 Å². The Hall–Kier alpha value is -2.78. The number of hydrogen-bond acceptors (Lipinski definition) is 6. The number of anilines is 1. The lowest BCUT2D eigenvalue weighted by Crippen LogP contribution is -2.48. The van der Waals surface area contributed by atoms with Gasteiger partial charge in [-0.25, -0.2) is 8.42 Å². The zero-order valence-electron chi connectivity index (χ0n) is 15.0. The smallest absolute Gasteiger partial charge is 0.261 e. The number of rotatable bonds is 6. The van der Waals surface area contributed by atoms with Crippen molar-refractivity contribution in [3.63, 3.8) is 0 Å². The fourth-order valence-corrected chi connectivity index (χ4v) is 3.50. The van der Waals surface area contributed by atoms with Crippen LogP contribution in [0.2, 0.25) is 0 Å². The van der Waals surface area contributed by atoms with E-state index in [0.717, 1.165) is 0 Å². The molecule has 0 atom stereocenters. The molecule has 0 spiro atoms. The van der Waals surface area contributed by atoms with E-state index in [-0.39, 0.29) is 23.8 Å². The van der Waals surface area contributed by atoms with Gasteiger partial charge in [-0.1, -0.05) is 6.07 Å². The van der Waals surface area contributed by atoms with E-state index in [4.69, 9.17) is 15.2 Å². The molecule has 1 aliphatic heterocycles. The highest BCUT2D eigenvalue weighted by Gasteiger charge is 2.22. The van der Waals surface area contributed by atoms with Crippen LogP contribution in [0.25, 0.3) is 0 Å². The second kappa shape index (κ2) is 7.09. The molecule has 0 unspecified atom stereocenters. The Balaban J connectivity index is 1.82. The first-order chi connectivity index (χ1) is 12.7. The van der Waals surface area contributed by atoms with Crippen LogP contribution >= 0.6 is 0 Å². The van der Waals surface area contributed by atoms with Crippen LogP contribution in [-0.2, 0) is 10.0 Å². The molecule has 0 fully saturated rings. The average Bonchev–Trinajstić information content (AvgIpc) is 3.09. The second-order valence-corrected chi connectivity index (χ2v) is 8.43. The summed E-state index contributed by atoms with van der Waals surface area (Å²) in [6, 6.07) is 10.5. The molecule has 0 aromatic heterocycles. The van der Waals surface area contributed by atoms with Crippen LogP contribution in [0.3, 0.4) is 0 Å². The fraction of sp³-hybridized carbons (Fsp3) is 0.278. The number of benzene rings is 2. The Morgan fingerprint density at radius 2 is 1.89 bits per heavy atom. The number of amides is 1. The van der Waals surface area contributed by atoms with E-state index < -0.39 is 21.5 Å². The summed E-state index contributed by atoms with van der Waals surface area (Å²) in [5, 5.41) is 2.77. The molecule has 0 saturated carbocycles. The Kier molecular flexibility index (Phi) is 4.99. The monoisotopic (exact) mass is 391 g/mol. The van der Waals surface area contributed by atoms with Crippen molar-refractivity contribution in [1.29, 1.82) is 0 Å². The maximum absolute atomic E-state index is 12.7. The van der Waals surface area contributed by atoms with Crippen molar-refractivity contribution in [3.8, 4) is 11.5 Å². The predicted molar refractivity (Wildman–Crippen MR) is 100 cm³/mol. The summed E-state index contributed by atoms with van der Waals surface area (Å²) in [6.07, 6.45) is 0. The molecule has 8 nitrogen and oxygen atoms in total. The normalized spacial score (nSPS) is 13.3. The van der Waals surface area contributed by atoms with Gasteiger partial charge in [-0.15, -0.1) is 0 Å². The molecule has 2 aromatic carbocycles. The lowest BCUT2D eigenvalue weighted by atomic mass is 10.1. The molecule has 1 aliphatic rings. The van der Waals surface area contributed by atoms with Crippen LogP contribution in [0.1, 0.15) is 24.2 Å². The summed E-state index contributed by atoms with van der Waals surface area (Å²) < 4.78 is 38.3. The van der Waals surface area contributed by atoms with Crippen molar-refractivity contribution in [2.45, 2.75) is 24.3 Å². The maximum atomic E-state index is 12.7. The zero-order chi connectivity index (χ0) is 19.7. The Morgan fingerprint density at radius 1 is 1.15 bits per heavy atom.